The molecule has 0 aromatic heterocycles. The van der Waals surface area contributed by atoms with E-state index in [-0.39, 0.29) is 0 Å². The largest absolute Gasteiger partial charge is 0.508 e. The van der Waals surface area contributed by atoms with Gasteiger partial charge in [0, 0.05) is 19.1 Å². The second-order valence-electron chi connectivity index (χ2n) is 5.79. The Balaban J connectivity index is 1.69. The van der Waals surface area contributed by atoms with Gasteiger partial charge < -0.3 is 15.3 Å². The summed E-state index contributed by atoms with van der Waals surface area (Å²) in [5.74, 6) is 1.23. The predicted molar refractivity (Wildman–Crippen MR) is 79.4 cm³/mol. The van der Waals surface area contributed by atoms with E-state index in [1.54, 1.807) is 12.1 Å². The van der Waals surface area contributed by atoms with Crippen LogP contribution in [0.3, 0.4) is 0 Å². The zero-order valence-corrected chi connectivity index (χ0v) is 12.1. The van der Waals surface area contributed by atoms with Gasteiger partial charge >= 0.3 is 0 Å². The van der Waals surface area contributed by atoms with Crippen molar-refractivity contribution >= 4 is 0 Å². The standard InChI is InChI=1S/C16H26N2O/c1-13-7-10-18(11-8-13)12-9-17-14(2)15-3-5-16(19)6-4-15/h3-6,13-14,17,19H,7-12H2,1-2H3. The SMILES string of the molecule is CC1CCN(CCNC(C)c2ccc(O)cc2)CC1. The van der Waals surface area contributed by atoms with E-state index in [4.69, 9.17) is 0 Å². The van der Waals surface area contributed by atoms with Crippen LogP contribution in [0.2, 0.25) is 0 Å². The number of piperidine rings is 1. The number of hydrogen-bond donors (Lipinski definition) is 2. The third-order valence-electron chi connectivity index (χ3n) is 4.15. The van der Waals surface area contributed by atoms with Crippen LogP contribution in [0.1, 0.15) is 38.3 Å². The Labute approximate surface area is 116 Å². The molecule has 3 heteroatoms. The lowest BCUT2D eigenvalue weighted by molar-refractivity contribution is 0.191. The monoisotopic (exact) mass is 262 g/mol. The third-order valence-corrected chi connectivity index (χ3v) is 4.15. The normalized spacial score (nSPS) is 19.5. The van der Waals surface area contributed by atoms with Gasteiger partial charge in [-0.25, -0.2) is 0 Å². The minimum atomic E-state index is 0.332. The van der Waals surface area contributed by atoms with Gasteiger partial charge in [-0.2, -0.15) is 0 Å². The Morgan fingerprint density at radius 1 is 1.26 bits per heavy atom. The Kier molecular flexibility index (Phi) is 5.23. The van der Waals surface area contributed by atoms with Crippen LogP contribution in [-0.2, 0) is 0 Å². The average molecular weight is 262 g/mol. The fourth-order valence-electron chi connectivity index (χ4n) is 2.61. The highest BCUT2D eigenvalue weighted by Gasteiger charge is 2.15. The number of nitrogens with zero attached hydrogens (tertiary/aromatic N) is 1. The number of hydrogen-bond acceptors (Lipinski definition) is 3. The molecule has 2 N–H and O–H groups in total. The molecular formula is C16H26N2O. The van der Waals surface area contributed by atoms with Gasteiger partial charge in [-0.1, -0.05) is 19.1 Å². The number of phenolic OH excluding ortho intramolecular Hbond substituents is 1. The molecule has 0 bridgehead atoms. The fourth-order valence-corrected chi connectivity index (χ4v) is 2.61. The molecule has 19 heavy (non-hydrogen) atoms. The smallest absolute Gasteiger partial charge is 0.115 e. The van der Waals surface area contributed by atoms with Crippen molar-refractivity contribution in [2.45, 2.75) is 32.7 Å². The van der Waals surface area contributed by atoms with E-state index >= 15 is 0 Å². The Morgan fingerprint density at radius 3 is 2.53 bits per heavy atom. The fraction of sp³-hybridized carbons (Fsp3) is 0.625. The molecule has 1 saturated heterocycles. The maximum atomic E-state index is 9.28. The molecule has 1 heterocycles. The summed E-state index contributed by atoms with van der Waals surface area (Å²) in [6, 6.07) is 7.80. The van der Waals surface area contributed by atoms with Crippen molar-refractivity contribution < 1.29 is 5.11 Å². The molecule has 1 aromatic rings. The summed E-state index contributed by atoms with van der Waals surface area (Å²) in [4.78, 5) is 2.55. The van der Waals surface area contributed by atoms with Gasteiger partial charge in [-0.05, 0) is 56.5 Å². The molecule has 1 aromatic carbocycles. The minimum Gasteiger partial charge on any atom is -0.508 e. The van der Waals surface area contributed by atoms with E-state index in [1.165, 1.54) is 31.5 Å². The molecule has 1 atom stereocenters. The number of benzene rings is 1. The molecule has 1 fully saturated rings. The van der Waals surface area contributed by atoms with Gasteiger partial charge in [0.2, 0.25) is 0 Å². The summed E-state index contributed by atoms with van der Waals surface area (Å²) < 4.78 is 0. The van der Waals surface area contributed by atoms with E-state index in [2.05, 4.69) is 24.1 Å². The first-order chi connectivity index (χ1) is 9.15. The predicted octanol–water partition coefficient (Wildman–Crippen LogP) is 2.77. The molecule has 1 unspecified atom stereocenters. The first kappa shape index (κ1) is 14.4. The van der Waals surface area contributed by atoms with Crippen LogP contribution in [0, 0.1) is 5.92 Å². The third kappa shape index (κ3) is 4.51. The van der Waals surface area contributed by atoms with Gasteiger partial charge in [0.15, 0.2) is 0 Å². The van der Waals surface area contributed by atoms with Gasteiger partial charge in [-0.3, -0.25) is 0 Å². The zero-order valence-electron chi connectivity index (χ0n) is 12.1. The number of rotatable bonds is 5. The lowest BCUT2D eigenvalue weighted by atomic mass is 9.99. The number of nitrogens with one attached hydrogen (secondary N) is 1. The van der Waals surface area contributed by atoms with E-state index < -0.39 is 0 Å². The summed E-state index contributed by atoms with van der Waals surface area (Å²) in [5, 5.41) is 12.8. The molecule has 0 saturated carbocycles. The highest BCUT2D eigenvalue weighted by atomic mass is 16.3. The van der Waals surface area contributed by atoms with Crippen LogP contribution in [0.4, 0.5) is 0 Å². The first-order valence-corrected chi connectivity index (χ1v) is 7.40. The molecular weight excluding hydrogens is 236 g/mol. The van der Waals surface area contributed by atoms with Gasteiger partial charge in [0.25, 0.3) is 0 Å². The molecule has 0 aliphatic carbocycles. The van der Waals surface area contributed by atoms with Crippen LogP contribution in [0.5, 0.6) is 5.75 Å². The second kappa shape index (κ2) is 6.92. The van der Waals surface area contributed by atoms with E-state index in [0.29, 0.717) is 11.8 Å². The molecule has 0 amide bonds. The van der Waals surface area contributed by atoms with Crippen molar-refractivity contribution in [3.05, 3.63) is 29.8 Å². The van der Waals surface area contributed by atoms with Crippen molar-refractivity contribution in [1.82, 2.24) is 10.2 Å². The van der Waals surface area contributed by atoms with Crippen molar-refractivity contribution in [2.24, 2.45) is 5.92 Å². The molecule has 2 rings (SSSR count). The molecule has 1 aliphatic rings. The van der Waals surface area contributed by atoms with Gasteiger partial charge in [0.1, 0.15) is 5.75 Å². The lowest BCUT2D eigenvalue weighted by Gasteiger charge is -2.30. The Morgan fingerprint density at radius 2 is 1.89 bits per heavy atom. The molecule has 0 spiro atoms. The molecule has 3 nitrogen and oxygen atoms in total. The second-order valence-corrected chi connectivity index (χ2v) is 5.79. The number of phenols is 1. The first-order valence-electron chi connectivity index (χ1n) is 7.40. The quantitative estimate of drug-likeness (QED) is 0.856. The molecule has 0 radical (unpaired) electrons. The topological polar surface area (TPSA) is 35.5 Å². The molecule has 1 aliphatic heterocycles. The Hall–Kier alpha value is -1.06. The summed E-state index contributed by atoms with van der Waals surface area (Å²) in [5.41, 5.74) is 1.23. The van der Waals surface area contributed by atoms with Crippen LogP contribution in [0.15, 0.2) is 24.3 Å². The molecule has 106 valence electrons. The summed E-state index contributed by atoms with van der Waals surface area (Å²) in [6.45, 7) is 9.17. The maximum absolute atomic E-state index is 9.28. The highest BCUT2D eigenvalue weighted by Crippen LogP contribution is 2.17. The van der Waals surface area contributed by atoms with Gasteiger partial charge in [0.05, 0.1) is 0 Å². The summed E-state index contributed by atoms with van der Waals surface area (Å²) in [7, 11) is 0. The minimum absolute atomic E-state index is 0.332. The van der Waals surface area contributed by atoms with E-state index in [0.717, 1.165) is 19.0 Å². The summed E-state index contributed by atoms with van der Waals surface area (Å²) in [6.07, 6.45) is 2.68. The number of aromatic hydroxyl groups is 1. The van der Waals surface area contributed by atoms with Crippen LogP contribution in [-0.4, -0.2) is 36.2 Å². The van der Waals surface area contributed by atoms with Crippen molar-refractivity contribution in [3.8, 4) is 5.75 Å². The summed E-state index contributed by atoms with van der Waals surface area (Å²) >= 11 is 0. The zero-order chi connectivity index (χ0) is 13.7. The van der Waals surface area contributed by atoms with Crippen molar-refractivity contribution in [3.63, 3.8) is 0 Å². The average Bonchev–Trinajstić information content (AvgIpc) is 2.41. The van der Waals surface area contributed by atoms with Crippen LogP contribution >= 0.6 is 0 Å². The van der Waals surface area contributed by atoms with E-state index in [1.807, 2.05) is 12.1 Å². The van der Waals surface area contributed by atoms with Crippen LogP contribution in [0.25, 0.3) is 0 Å². The highest BCUT2D eigenvalue weighted by molar-refractivity contribution is 5.27. The lowest BCUT2D eigenvalue weighted by Crippen LogP contribution is -2.38. The van der Waals surface area contributed by atoms with Crippen LogP contribution < -0.4 is 5.32 Å². The van der Waals surface area contributed by atoms with Crippen molar-refractivity contribution in [1.29, 1.82) is 0 Å². The van der Waals surface area contributed by atoms with Crippen molar-refractivity contribution in [2.75, 3.05) is 26.2 Å². The van der Waals surface area contributed by atoms with Gasteiger partial charge in [-0.15, -0.1) is 0 Å². The maximum Gasteiger partial charge on any atom is 0.115 e. The Bertz CT molecular complexity index is 369. The number of likely N-dealkylation sites (tertiary alicyclic amines) is 1. The van der Waals surface area contributed by atoms with E-state index in [9.17, 15) is 5.11 Å².